The van der Waals surface area contributed by atoms with Gasteiger partial charge in [-0.25, -0.2) is 13.1 Å². The van der Waals surface area contributed by atoms with E-state index in [0.717, 1.165) is 5.56 Å². The SMILES string of the molecule is COc1ccc(C)cc1S(=O)(=O)NCC(=O)Nc1ccc(C#N)cc1. The van der Waals surface area contributed by atoms with E-state index in [2.05, 4.69) is 10.0 Å². The minimum Gasteiger partial charge on any atom is -0.495 e. The fraction of sp³-hybridized carbons (Fsp3) is 0.176. The molecule has 0 saturated carbocycles. The predicted octanol–water partition coefficient (Wildman–Crippen LogP) is 1.79. The van der Waals surface area contributed by atoms with Crippen LogP contribution in [-0.4, -0.2) is 28.0 Å². The maximum atomic E-state index is 12.4. The van der Waals surface area contributed by atoms with Gasteiger partial charge in [-0.1, -0.05) is 6.07 Å². The average Bonchev–Trinajstić information content (AvgIpc) is 2.61. The highest BCUT2D eigenvalue weighted by Gasteiger charge is 2.20. The molecule has 2 rings (SSSR count). The van der Waals surface area contributed by atoms with E-state index in [1.54, 1.807) is 43.3 Å². The van der Waals surface area contributed by atoms with Crippen molar-refractivity contribution in [2.24, 2.45) is 0 Å². The molecule has 1 amide bonds. The summed E-state index contributed by atoms with van der Waals surface area (Å²) in [6, 6.07) is 13.0. The molecule has 0 heterocycles. The molecular weight excluding hydrogens is 342 g/mol. The summed E-state index contributed by atoms with van der Waals surface area (Å²) in [5.74, 6) is -0.328. The summed E-state index contributed by atoms with van der Waals surface area (Å²) in [6.45, 7) is 1.33. The fourth-order valence-corrected chi connectivity index (χ4v) is 3.30. The number of benzene rings is 2. The summed E-state index contributed by atoms with van der Waals surface area (Å²) in [4.78, 5) is 11.9. The van der Waals surface area contributed by atoms with E-state index in [9.17, 15) is 13.2 Å². The van der Waals surface area contributed by atoms with Gasteiger partial charge in [-0.2, -0.15) is 5.26 Å². The highest BCUT2D eigenvalue weighted by Crippen LogP contribution is 2.24. The number of hydrogen-bond acceptors (Lipinski definition) is 5. The Kier molecular flexibility index (Phi) is 5.75. The van der Waals surface area contributed by atoms with Crippen LogP contribution in [-0.2, 0) is 14.8 Å². The monoisotopic (exact) mass is 359 g/mol. The first-order valence-corrected chi connectivity index (χ1v) is 8.78. The summed E-state index contributed by atoms with van der Waals surface area (Å²) >= 11 is 0. The molecular formula is C17H17N3O4S. The van der Waals surface area contributed by atoms with Crippen molar-refractivity contribution >= 4 is 21.6 Å². The molecule has 0 fully saturated rings. The number of nitrogens with zero attached hydrogens (tertiary/aromatic N) is 1. The molecule has 2 aromatic carbocycles. The van der Waals surface area contributed by atoms with Crippen LogP contribution in [0.15, 0.2) is 47.4 Å². The quantitative estimate of drug-likeness (QED) is 0.817. The molecule has 8 heteroatoms. The highest BCUT2D eigenvalue weighted by atomic mass is 32.2. The van der Waals surface area contributed by atoms with E-state index in [1.165, 1.54) is 13.2 Å². The standard InChI is InChI=1S/C17H17N3O4S/c1-12-3-8-15(24-2)16(9-12)25(22,23)19-11-17(21)20-14-6-4-13(10-18)5-7-14/h3-9,19H,11H2,1-2H3,(H,20,21). The van der Waals surface area contributed by atoms with Crippen LogP contribution in [0.1, 0.15) is 11.1 Å². The maximum Gasteiger partial charge on any atom is 0.244 e. The Hall–Kier alpha value is -2.89. The molecule has 130 valence electrons. The summed E-state index contributed by atoms with van der Waals surface area (Å²) in [7, 11) is -2.53. The number of carbonyl (C=O) groups is 1. The smallest absolute Gasteiger partial charge is 0.244 e. The predicted molar refractivity (Wildman–Crippen MR) is 92.7 cm³/mol. The zero-order chi connectivity index (χ0) is 18.4. The lowest BCUT2D eigenvalue weighted by atomic mass is 10.2. The largest absolute Gasteiger partial charge is 0.495 e. The molecule has 0 atom stereocenters. The second kappa shape index (κ2) is 7.79. The summed E-state index contributed by atoms with van der Waals surface area (Å²) in [5.41, 5.74) is 1.68. The number of rotatable bonds is 6. The van der Waals surface area contributed by atoms with Gasteiger partial charge in [0, 0.05) is 5.69 Å². The maximum absolute atomic E-state index is 12.4. The number of methoxy groups -OCH3 is 1. The molecule has 2 N–H and O–H groups in total. The molecule has 0 aliphatic carbocycles. The van der Waals surface area contributed by atoms with Gasteiger partial charge in [-0.05, 0) is 48.9 Å². The molecule has 0 saturated heterocycles. The van der Waals surface area contributed by atoms with Crippen LogP contribution in [0.3, 0.4) is 0 Å². The fourth-order valence-electron chi connectivity index (χ4n) is 2.07. The Labute approximate surface area is 146 Å². The zero-order valence-electron chi connectivity index (χ0n) is 13.7. The number of aryl methyl sites for hydroxylation is 1. The topological polar surface area (TPSA) is 108 Å². The van der Waals surface area contributed by atoms with Crippen molar-refractivity contribution in [2.75, 3.05) is 19.0 Å². The Morgan fingerprint density at radius 1 is 1.20 bits per heavy atom. The Bertz CT molecular complexity index is 916. The van der Waals surface area contributed by atoms with Crippen LogP contribution < -0.4 is 14.8 Å². The Balaban J connectivity index is 2.05. The van der Waals surface area contributed by atoms with Crippen LogP contribution >= 0.6 is 0 Å². The second-order valence-electron chi connectivity index (χ2n) is 5.22. The van der Waals surface area contributed by atoms with Crippen molar-refractivity contribution in [3.8, 4) is 11.8 Å². The van der Waals surface area contributed by atoms with Crippen molar-refractivity contribution in [1.82, 2.24) is 4.72 Å². The van der Waals surface area contributed by atoms with Gasteiger partial charge >= 0.3 is 0 Å². The molecule has 0 spiro atoms. The lowest BCUT2D eigenvalue weighted by Gasteiger charge is -2.11. The number of ether oxygens (including phenoxy) is 1. The molecule has 0 aromatic heterocycles. The van der Waals surface area contributed by atoms with E-state index >= 15 is 0 Å². The Morgan fingerprint density at radius 2 is 1.88 bits per heavy atom. The first kappa shape index (κ1) is 18.4. The van der Waals surface area contributed by atoms with E-state index < -0.39 is 22.5 Å². The van der Waals surface area contributed by atoms with Crippen LogP contribution in [0, 0.1) is 18.3 Å². The minimum atomic E-state index is -3.90. The number of nitrogens with one attached hydrogen (secondary N) is 2. The molecule has 2 aromatic rings. The number of anilines is 1. The van der Waals surface area contributed by atoms with E-state index in [0.29, 0.717) is 11.3 Å². The van der Waals surface area contributed by atoms with Crippen LogP contribution in [0.25, 0.3) is 0 Å². The number of hydrogen-bond donors (Lipinski definition) is 2. The highest BCUT2D eigenvalue weighted by molar-refractivity contribution is 7.89. The molecule has 0 bridgehead atoms. The van der Waals surface area contributed by atoms with E-state index in [1.807, 2.05) is 6.07 Å². The van der Waals surface area contributed by atoms with Crippen molar-refractivity contribution < 1.29 is 17.9 Å². The van der Waals surface area contributed by atoms with Gasteiger partial charge in [-0.15, -0.1) is 0 Å². The van der Waals surface area contributed by atoms with Gasteiger partial charge in [0.1, 0.15) is 10.6 Å². The number of nitriles is 1. The van der Waals surface area contributed by atoms with Crippen molar-refractivity contribution in [1.29, 1.82) is 5.26 Å². The van der Waals surface area contributed by atoms with Gasteiger partial charge < -0.3 is 10.1 Å². The van der Waals surface area contributed by atoms with Crippen molar-refractivity contribution in [3.63, 3.8) is 0 Å². The molecule has 25 heavy (non-hydrogen) atoms. The van der Waals surface area contributed by atoms with Crippen molar-refractivity contribution in [3.05, 3.63) is 53.6 Å². The first-order chi connectivity index (χ1) is 11.9. The van der Waals surface area contributed by atoms with Gasteiger partial charge in [0.15, 0.2) is 0 Å². The van der Waals surface area contributed by atoms with Crippen molar-refractivity contribution in [2.45, 2.75) is 11.8 Å². The first-order valence-electron chi connectivity index (χ1n) is 7.30. The summed E-state index contributed by atoms with van der Waals surface area (Å²) in [6.07, 6.45) is 0. The van der Waals surface area contributed by atoms with Gasteiger partial charge in [0.05, 0.1) is 25.3 Å². The normalized spacial score (nSPS) is 10.8. The molecule has 0 radical (unpaired) electrons. The Morgan fingerprint density at radius 3 is 2.48 bits per heavy atom. The minimum absolute atomic E-state index is 0.0267. The van der Waals surface area contributed by atoms with E-state index in [4.69, 9.17) is 10.00 Å². The van der Waals surface area contributed by atoms with Crippen LogP contribution in [0.2, 0.25) is 0 Å². The summed E-state index contributed by atoms with van der Waals surface area (Å²) < 4.78 is 32.1. The molecule has 0 aliphatic heterocycles. The molecule has 0 aliphatic rings. The number of sulfonamides is 1. The summed E-state index contributed by atoms with van der Waals surface area (Å²) in [5, 5.41) is 11.3. The van der Waals surface area contributed by atoms with Gasteiger partial charge in [0.25, 0.3) is 0 Å². The van der Waals surface area contributed by atoms with Crippen LogP contribution in [0.5, 0.6) is 5.75 Å². The third kappa shape index (κ3) is 4.79. The van der Waals surface area contributed by atoms with Gasteiger partial charge in [-0.3, -0.25) is 4.79 Å². The second-order valence-corrected chi connectivity index (χ2v) is 6.95. The lowest BCUT2D eigenvalue weighted by molar-refractivity contribution is -0.115. The van der Waals surface area contributed by atoms with Crippen LogP contribution in [0.4, 0.5) is 5.69 Å². The van der Waals surface area contributed by atoms with E-state index in [-0.39, 0.29) is 10.6 Å². The zero-order valence-corrected chi connectivity index (χ0v) is 14.6. The third-order valence-corrected chi connectivity index (χ3v) is 4.75. The number of amides is 1. The van der Waals surface area contributed by atoms with Gasteiger partial charge in [0.2, 0.25) is 15.9 Å². The molecule has 0 unspecified atom stereocenters. The average molecular weight is 359 g/mol. The number of carbonyl (C=O) groups excluding carboxylic acids is 1. The molecule has 7 nitrogen and oxygen atoms in total. The third-order valence-electron chi connectivity index (χ3n) is 3.33. The lowest BCUT2D eigenvalue weighted by Crippen LogP contribution is -2.33.